The number of nitrogens with one attached hydrogen (secondary N) is 2. The fraction of sp³-hybridized carbons (Fsp3) is 0.160. The molecule has 4 aromatic rings. The number of aromatic nitrogens is 1. The quantitative estimate of drug-likeness (QED) is 0.351. The zero-order valence-electron chi connectivity index (χ0n) is 18.1. The van der Waals surface area contributed by atoms with Gasteiger partial charge >= 0.3 is 0 Å². The van der Waals surface area contributed by atoms with E-state index in [1.807, 2.05) is 83.6 Å². The first kappa shape index (κ1) is 22.4. The molecule has 0 aliphatic carbocycles. The van der Waals surface area contributed by atoms with E-state index in [2.05, 4.69) is 4.98 Å². The molecule has 3 aromatic carbocycles. The lowest BCUT2D eigenvalue weighted by atomic mass is 10.1. The van der Waals surface area contributed by atoms with Gasteiger partial charge in [-0.2, -0.15) is 0 Å². The van der Waals surface area contributed by atoms with Gasteiger partial charge in [-0.15, -0.1) is 0 Å². The van der Waals surface area contributed by atoms with E-state index >= 15 is 0 Å². The number of ether oxygens (including phenoxy) is 2. The van der Waals surface area contributed by atoms with Crippen LogP contribution < -0.4 is 14.2 Å². The molecule has 0 atom stereocenters. The summed E-state index contributed by atoms with van der Waals surface area (Å²) in [6.45, 7) is 0.418. The summed E-state index contributed by atoms with van der Waals surface area (Å²) in [5.74, 6) is 1.43. The van der Waals surface area contributed by atoms with Crippen LogP contribution in [0.2, 0.25) is 0 Å². The van der Waals surface area contributed by atoms with Gasteiger partial charge in [0.05, 0.1) is 12.9 Å². The Labute approximate surface area is 192 Å². The van der Waals surface area contributed by atoms with Gasteiger partial charge in [-0.25, -0.2) is 13.1 Å². The molecule has 170 valence electrons. The van der Waals surface area contributed by atoms with Gasteiger partial charge in [0.25, 0.3) is 5.91 Å². The molecule has 4 rings (SSSR count). The Hall–Kier alpha value is -3.78. The lowest BCUT2D eigenvalue weighted by molar-refractivity contribution is 0.0976. The van der Waals surface area contributed by atoms with Crippen molar-refractivity contribution in [1.82, 2.24) is 9.71 Å². The van der Waals surface area contributed by atoms with E-state index in [0.29, 0.717) is 30.9 Å². The van der Waals surface area contributed by atoms with E-state index < -0.39 is 15.9 Å². The van der Waals surface area contributed by atoms with Gasteiger partial charge in [0.2, 0.25) is 10.0 Å². The number of aryl methyl sites for hydroxylation is 1. The number of hydrogen-bond acceptors (Lipinski definition) is 5. The molecule has 0 spiro atoms. The molecule has 0 fully saturated rings. The van der Waals surface area contributed by atoms with Gasteiger partial charge < -0.3 is 14.5 Å². The van der Waals surface area contributed by atoms with Crippen molar-refractivity contribution in [3.63, 3.8) is 0 Å². The maximum absolute atomic E-state index is 12.5. The molecule has 0 unspecified atom stereocenters. The number of fused-ring (bicyclic) bond motifs is 1. The summed E-state index contributed by atoms with van der Waals surface area (Å²) in [6.07, 6.45) is 2.12. The Morgan fingerprint density at radius 1 is 0.909 bits per heavy atom. The van der Waals surface area contributed by atoms with Crippen LogP contribution >= 0.6 is 0 Å². The average Bonchev–Trinajstić information content (AvgIpc) is 3.15. The van der Waals surface area contributed by atoms with E-state index in [0.717, 1.165) is 28.5 Å². The first-order chi connectivity index (χ1) is 15.9. The minimum atomic E-state index is -3.67. The summed E-state index contributed by atoms with van der Waals surface area (Å²) in [7, 11) is -3.67. The summed E-state index contributed by atoms with van der Waals surface area (Å²) < 4.78 is 36.8. The molecule has 0 saturated carbocycles. The smallest absolute Gasteiger partial charge is 0.281 e. The first-order valence-electron chi connectivity index (χ1n) is 10.5. The number of carbonyl (C=O) groups excluding carboxylic acids is 1. The summed E-state index contributed by atoms with van der Waals surface area (Å²) >= 11 is 0. The van der Waals surface area contributed by atoms with Crippen molar-refractivity contribution >= 4 is 26.8 Å². The van der Waals surface area contributed by atoms with Crippen LogP contribution in [0.4, 0.5) is 0 Å². The molecule has 2 N–H and O–H groups in total. The number of aromatic amines is 1. The van der Waals surface area contributed by atoms with Gasteiger partial charge in [0, 0.05) is 17.0 Å². The SMILES string of the molecule is CS(=O)(=O)NC(=O)c1[nH]c2ccccc2c1CCCOc1cccc(Oc2ccccc2)c1. The molecule has 1 amide bonds. The van der Waals surface area contributed by atoms with E-state index in [9.17, 15) is 13.2 Å². The Balaban J connectivity index is 1.42. The number of rotatable bonds is 9. The second kappa shape index (κ2) is 9.79. The molecule has 33 heavy (non-hydrogen) atoms. The summed E-state index contributed by atoms with van der Waals surface area (Å²) in [5.41, 5.74) is 1.79. The van der Waals surface area contributed by atoms with Gasteiger partial charge in [0.1, 0.15) is 22.9 Å². The minimum absolute atomic E-state index is 0.250. The van der Waals surface area contributed by atoms with Crippen LogP contribution in [0.25, 0.3) is 10.9 Å². The number of para-hydroxylation sites is 2. The second-order valence-electron chi connectivity index (χ2n) is 7.57. The van der Waals surface area contributed by atoms with Crippen molar-refractivity contribution in [3.8, 4) is 17.2 Å². The number of amides is 1. The normalized spacial score (nSPS) is 11.3. The Morgan fingerprint density at radius 2 is 1.61 bits per heavy atom. The predicted molar refractivity (Wildman–Crippen MR) is 127 cm³/mol. The molecule has 0 aliphatic heterocycles. The summed E-state index contributed by atoms with van der Waals surface area (Å²) in [5, 5.41) is 0.884. The van der Waals surface area contributed by atoms with Gasteiger partial charge in [-0.05, 0) is 48.7 Å². The molecular weight excluding hydrogens is 440 g/mol. The molecule has 1 aromatic heterocycles. The van der Waals surface area contributed by atoms with Crippen LogP contribution in [-0.2, 0) is 16.4 Å². The fourth-order valence-electron chi connectivity index (χ4n) is 3.56. The van der Waals surface area contributed by atoms with Crippen LogP contribution in [0.3, 0.4) is 0 Å². The number of sulfonamides is 1. The zero-order chi connectivity index (χ0) is 23.3. The molecule has 8 heteroatoms. The van der Waals surface area contributed by atoms with Crippen molar-refractivity contribution < 1.29 is 22.7 Å². The topological polar surface area (TPSA) is 97.5 Å². The van der Waals surface area contributed by atoms with Crippen molar-refractivity contribution in [3.05, 3.63) is 90.1 Å². The monoisotopic (exact) mass is 464 g/mol. The van der Waals surface area contributed by atoms with Gasteiger partial charge in [-0.1, -0.05) is 42.5 Å². The Kier molecular flexibility index (Phi) is 6.65. The number of H-pyrrole nitrogens is 1. The third kappa shape index (κ3) is 5.93. The van der Waals surface area contributed by atoms with E-state index in [1.165, 1.54) is 0 Å². The maximum Gasteiger partial charge on any atom is 0.281 e. The van der Waals surface area contributed by atoms with Crippen LogP contribution in [0, 0.1) is 0 Å². The Morgan fingerprint density at radius 3 is 2.39 bits per heavy atom. The number of benzene rings is 3. The predicted octanol–water partition coefficient (Wildman–Crippen LogP) is 4.66. The summed E-state index contributed by atoms with van der Waals surface area (Å²) in [6, 6.07) is 24.4. The zero-order valence-corrected chi connectivity index (χ0v) is 18.9. The molecule has 1 heterocycles. The van der Waals surface area contributed by atoms with Crippen molar-refractivity contribution in [1.29, 1.82) is 0 Å². The van der Waals surface area contributed by atoms with Crippen LogP contribution in [-0.4, -0.2) is 32.2 Å². The number of hydrogen-bond donors (Lipinski definition) is 2. The van der Waals surface area contributed by atoms with Crippen molar-refractivity contribution in [2.24, 2.45) is 0 Å². The minimum Gasteiger partial charge on any atom is -0.493 e. The van der Waals surface area contributed by atoms with Crippen molar-refractivity contribution in [2.75, 3.05) is 12.9 Å². The molecule has 7 nitrogen and oxygen atoms in total. The van der Waals surface area contributed by atoms with E-state index in [1.54, 1.807) is 0 Å². The van der Waals surface area contributed by atoms with E-state index in [4.69, 9.17) is 9.47 Å². The highest BCUT2D eigenvalue weighted by molar-refractivity contribution is 7.89. The van der Waals surface area contributed by atoms with Crippen molar-refractivity contribution in [2.45, 2.75) is 12.8 Å². The van der Waals surface area contributed by atoms with Gasteiger partial charge in [0.15, 0.2) is 0 Å². The number of carbonyl (C=O) groups is 1. The van der Waals surface area contributed by atoms with Crippen LogP contribution in [0.1, 0.15) is 22.5 Å². The highest BCUT2D eigenvalue weighted by Gasteiger charge is 2.19. The summed E-state index contributed by atoms with van der Waals surface area (Å²) in [4.78, 5) is 15.6. The lowest BCUT2D eigenvalue weighted by Crippen LogP contribution is -2.30. The molecule has 0 radical (unpaired) electrons. The van der Waals surface area contributed by atoms with E-state index in [-0.39, 0.29) is 5.69 Å². The third-order valence-corrected chi connectivity index (χ3v) is 5.50. The highest BCUT2D eigenvalue weighted by Crippen LogP contribution is 2.26. The standard InChI is InChI=1S/C25H24N2O5S/c1-33(29,30)27-25(28)24-22(21-13-5-6-15-23(21)26-24)14-8-16-31-19-11-7-12-20(17-19)32-18-9-3-2-4-10-18/h2-7,9-13,15,17,26H,8,14,16H2,1H3,(H,27,28). The fourth-order valence-corrected chi connectivity index (χ4v) is 4.00. The largest absolute Gasteiger partial charge is 0.493 e. The lowest BCUT2D eigenvalue weighted by Gasteiger charge is -2.10. The average molecular weight is 465 g/mol. The third-order valence-electron chi connectivity index (χ3n) is 4.94. The maximum atomic E-state index is 12.5. The molecule has 0 aliphatic rings. The molecular formula is C25H24N2O5S. The van der Waals surface area contributed by atoms with Crippen LogP contribution in [0.5, 0.6) is 17.2 Å². The Bertz CT molecular complexity index is 1360. The molecule has 0 saturated heterocycles. The molecule has 0 bridgehead atoms. The highest BCUT2D eigenvalue weighted by atomic mass is 32.2. The second-order valence-corrected chi connectivity index (χ2v) is 9.32. The first-order valence-corrected chi connectivity index (χ1v) is 12.4. The van der Waals surface area contributed by atoms with Crippen LogP contribution in [0.15, 0.2) is 78.9 Å². The van der Waals surface area contributed by atoms with Gasteiger partial charge in [-0.3, -0.25) is 4.79 Å².